The van der Waals surface area contributed by atoms with E-state index >= 15 is 0 Å². The van der Waals surface area contributed by atoms with Gasteiger partial charge >= 0.3 is 0 Å². The fourth-order valence-electron chi connectivity index (χ4n) is 2.68. The van der Waals surface area contributed by atoms with Gasteiger partial charge in [-0.2, -0.15) is 0 Å². The predicted molar refractivity (Wildman–Crippen MR) is 78.5 cm³/mol. The maximum Gasteiger partial charge on any atom is 0.231 e. The molecule has 2 aliphatic heterocycles. The summed E-state index contributed by atoms with van der Waals surface area (Å²) in [5.41, 5.74) is 1.69. The molecule has 0 radical (unpaired) electrons. The number of anilines is 1. The zero-order valence-electron chi connectivity index (χ0n) is 11.5. The van der Waals surface area contributed by atoms with Gasteiger partial charge < -0.3 is 20.1 Å². The largest absolute Gasteiger partial charge is 0.454 e. The summed E-state index contributed by atoms with van der Waals surface area (Å²) in [5, 5.41) is 6.74. The van der Waals surface area contributed by atoms with Crippen molar-refractivity contribution < 1.29 is 9.47 Å². The molecule has 1 fully saturated rings. The fourth-order valence-corrected chi connectivity index (χ4v) is 2.68. The molecule has 6 nitrogen and oxygen atoms in total. The van der Waals surface area contributed by atoms with Crippen molar-refractivity contribution in [3.8, 4) is 22.8 Å². The highest BCUT2D eigenvalue weighted by molar-refractivity contribution is 5.72. The molecule has 21 heavy (non-hydrogen) atoms. The van der Waals surface area contributed by atoms with E-state index in [1.807, 2.05) is 18.2 Å². The summed E-state index contributed by atoms with van der Waals surface area (Å²) in [7, 11) is 0. The highest BCUT2D eigenvalue weighted by atomic mass is 16.7. The van der Waals surface area contributed by atoms with Gasteiger partial charge in [0.25, 0.3) is 0 Å². The zero-order chi connectivity index (χ0) is 14.1. The van der Waals surface area contributed by atoms with Gasteiger partial charge in [-0.25, -0.2) is 4.98 Å². The molecule has 4 rings (SSSR count). The molecule has 0 amide bonds. The van der Waals surface area contributed by atoms with E-state index in [4.69, 9.17) is 9.47 Å². The number of benzene rings is 1. The van der Waals surface area contributed by atoms with Crippen LogP contribution in [-0.2, 0) is 0 Å². The summed E-state index contributed by atoms with van der Waals surface area (Å²) in [6.07, 6.45) is 4.60. The summed E-state index contributed by atoms with van der Waals surface area (Å²) >= 11 is 0. The Kier molecular flexibility index (Phi) is 3.08. The van der Waals surface area contributed by atoms with Crippen LogP contribution in [0.25, 0.3) is 11.3 Å². The Balaban J connectivity index is 1.65. The van der Waals surface area contributed by atoms with E-state index in [2.05, 4.69) is 20.6 Å². The van der Waals surface area contributed by atoms with Crippen molar-refractivity contribution in [2.75, 3.05) is 25.2 Å². The number of aromatic nitrogens is 2. The van der Waals surface area contributed by atoms with Gasteiger partial charge in [0.15, 0.2) is 11.5 Å². The fraction of sp³-hybridized carbons (Fsp3) is 0.333. The smallest absolute Gasteiger partial charge is 0.231 e. The third-order valence-electron chi connectivity index (χ3n) is 3.72. The number of hydrogen-bond acceptors (Lipinski definition) is 6. The molecule has 1 unspecified atom stereocenters. The maximum atomic E-state index is 5.54. The molecule has 1 aromatic heterocycles. The number of rotatable bonds is 3. The van der Waals surface area contributed by atoms with E-state index in [0.717, 1.165) is 48.1 Å². The van der Waals surface area contributed by atoms with Crippen molar-refractivity contribution in [1.29, 1.82) is 0 Å². The van der Waals surface area contributed by atoms with Crippen LogP contribution in [0.2, 0.25) is 0 Å². The Morgan fingerprint density at radius 2 is 2.24 bits per heavy atom. The Labute approximate surface area is 122 Å². The lowest BCUT2D eigenvalue weighted by Crippen LogP contribution is -2.22. The van der Waals surface area contributed by atoms with Crippen LogP contribution >= 0.6 is 0 Å². The molecule has 2 aromatic rings. The summed E-state index contributed by atoms with van der Waals surface area (Å²) in [4.78, 5) is 8.93. The third-order valence-corrected chi connectivity index (χ3v) is 3.72. The standard InChI is InChI=1S/C15H16N4O2/c1-2-11(15-13(3-1)20-9-21-15)12-7-17-8-14(19-12)18-10-4-5-16-6-10/h1-3,7-8,10,16H,4-6,9H2,(H,18,19). The Hall–Kier alpha value is -2.34. The molecule has 0 bridgehead atoms. The van der Waals surface area contributed by atoms with Crippen LogP contribution in [0.1, 0.15) is 6.42 Å². The van der Waals surface area contributed by atoms with Crippen LogP contribution in [0, 0.1) is 0 Å². The number of hydrogen-bond donors (Lipinski definition) is 2. The second-order valence-electron chi connectivity index (χ2n) is 5.16. The average molecular weight is 284 g/mol. The Bertz CT molecular complexity index is 656. The van der Waals surface area contributed by atoms with E-state index in [1.54, 1.807) is 12.4 Å². The predicted octanol–water partition coefficient (Wildman–Crippen LogP) is 1.65. The molecular weight excluding hydrogens is 268 g/mol. The van der Waals surface area contributed by atoms with E-state index in [-0.39, 0.29) is 6.79 Å². The molecule has 2 aliphatic rings. The lowest BCUT2D eigenvalue weighted by Gasteiger charge is -2.12. The molecule has 0 spiro atoms. The molecule has 1 saturated heterocycles. The second kappa shape index (κ2) is 5.21. The van der Waals surface area contributed by atoms with Crippen LogP contribution in [-0.4, -0.2) is 35.9 Å². The van der Waals surface area contributed by atoms with Gasteiger partial charge in [-0.05, 0) is 25.1 Å². The summed E-state index contributed by atoms with van der Waals surface area (Å²) in [6, 6.07) is 6.21. The van der Waals surface area contributed by atoms with Crippen molar-refractivity contribution in [2.45, 2.75) is 12.5 Å². The topological polar surface area (TPSA) is 68.3 Å². The molecular formula is C15H16N4O2. The average Bonchev–Trinajstić information content (AvgIpc) is 3.18. The first kappa shape index (κ1) is 12.4. The van der Waals surface area contributed by atoms with E-state index in [1.165, 1.54) is 0 Å². The Morgan fingerprint density at radius 1 is 1.24 bits per heavy atom. The number of nitrogens with zero attached hydrogens (tertiary/aromatic N) is 2. The van der Waals surface area contributed by atoms with Crippen molar-refractivity contribution in [3.05, 3.63) is 30.6 Å². The van der Waals surface area contributed by atoms with Gasteiger partial charge in [0.1, 0.15) is 5.82 Å². The minimum Gasteiger partial charge on any atom is -0.454 e. The molecule has 3 heterocycles. The van der Waals surface area contributed by atoms with Gasteiger partial charge in [0.2, 0.25) is 6.79 Å². The third kappa shape index (κ3) is 2.38. The van der Waals surface area contributed by atoms with Crippen molar-refractivity contribution in [3.63, 3.8) is 0 Å². The Morgan fingerprint density at radius 3 is 3.14 bits per heavy atom. The van der Waals surface area contributed by atoms with E-state index in [9.17, 15) is 0 Å². The summed E-state index contributed by atoms with van der Waals surface area (Å²) < 4.78 is 10.9. The normalized spacial score (nSPS) is 19.7. The first-order valence-electron chi connectivity index (χ1n) is 7.08. The first-order valence-corrected chi connectivity index (χ1v) is 7.08. The molecule has 0 aliphatic carbocycles. The lowest BCUT2D eigenvalue weighted by atomic mass is 10.1. The highest BCUT2D eigenvalue weighted by Gasteiger charge is 2.20. The minimum atomic E-state index is 0.255. The van der Waals surface area contributed by atoms with Crippen molar-refractivity contribution in [1.82, 2.24) is 15.3 Å². The van der Waals surface area contributed by atoms with Crippen molar-refractivity contribution in [2.24, 2.45) is 0 Å². The van der Waals surface area contributed by atoms with Crippen LogP contribution in [0.3, 0.4) is 0 Å². The van der Waals surface area contributed by atoms with Crippen LogP contribution in [0.5, 0.6) is 11.5 Å². The highest BCUT2D eigenvalue weighted by Crippen LogP contribution is 2.40. The van der Waals surface area contributed by atoms with E-state index < -0.39 is 0 Å². The first-order chi connectivity index (χ1) is 10.4. The van der Waals surface area contributed by atoms with Gasteiger partial charge in [-0.15, -0.1) is 0 Å². The van der Waals surface area contributed by atoms with Gasteiger partial charge in [0.05, 0.1) is 18.1 Å². The number of fused-ring (bicyclic) bond motifs is 1. The van der Waals surface area contributed by atoms with Gasteiger partial charge in [0, 0.05) is 18.2 Å². The molecule has 6 heteroatoms. The molecule has 0 saturated carbocycles. The van der Waals surface area contributed by atoms with Gasteiger partial charge in [-0.3, -0.25) is 4.98 Å². The van der Waals surface area contributed by atoms with E-state index in [0.29, 0.717) is 6.04 Å². The maximum absolute atomic E-state index is 5.54. The summed E-state index contributed by atoms with van der Waals surface area (Å²) in [5.74, 6) is 2.29. The lowest BCUT2D eigenvalue weighted by molar-refractivity contribution is 0.174. The van der Waals surface area contributed by atoms with Crippen LogP contribution in [0.4, 0.5) is 5.82 Å². The molecule has 1 aromatic carbocycles. The number of ether oxygens (including phenoxy) is 2. The van der Waals surface area contributed by atoms with Crippen LogP contribution in [0.15, 0.2) is 30.6 Å². The minimum absolute atomic E-state index is 0.255. The zero-order valence-corrected chi connectivity index (χ0v) is 11.5. The van der Waals surface area contributed by atoms with Gasteiger partial charge in [-0.1, -0.05) is 6.07 Å². The monoisotopic (exact) mass is 284 g/mol. The molecule has 108 valence electrons. The van der Waals surface area contributed by atoms with Crippen molar-refractivity contribution >= 4 is 5.82 Å². The molecule has 2 N–H and O–H groups in total. The quantitative estimate of drug-likeness (QED) is 0.893. The second-order valence-corrected chi connectivity index (χ2v) is 5.16. The number of para-hydroxylation sites is 1. The molecule has 1 atom stereocenters. The van der Waals surface area contributed by atoms with Crippen LogP contribution < -0.4 is 20.1 Å². The SMILES string of the molecule is c1cc2c(c(-c3cncc(NC4CCNC4)n3)c1)OCO2. The number of nitrogens with one attached hydrogen (secondary N) is 2. The summed E-state index contributed by atoms with van der Waals surface area (Å²) in [6.45, 7) is 2.26.